The Morgan fingerprint density at radius 2 is 1.46 bits per heavy atom. The largest absolute Gasteiger partial charge is 0.272 e. The van der Waals surface area contributed by atoms with Crippen molar-refractivity contribution >= 4 is 35.0 Å². The first-order valence-electron chi connectivity index (χ1n) is 7.35. The Balaban J connectivity index is 2.30. The molecule has 4 nitrogen and oxygen atoms in total. The van der Waals surface area contributed by atoms with E-state index >= 15 is 0 Å². The summed E-state index contributed by atoms with van der Waals surface area (Å²) in [4.78, 5) is 25.3. The van der Waals surface area contributed by atoms with Crippen molar-refractivity contribution in [2.45, 2.75) is 26.3 Å². The van der Waals surface area contributed by atoms with Crippen LogP contribution in [0.5, 0.6) is 0 Å². The molecule has 0 aliphatic rings. The van der Waals surface area contributed by atoms with Gasteiger partial charge < -0.3 is 0 Å². The summed E-state index contributed by atoms with van der Waals surface area (Å²) in [6, 6.07) is 13.3. The summed E-state index contributed by atoms with van der Waals surface area (Å²) >= 11 is 11.9. The highest BCUT2D eigenvalue weighted by atomic mass is 35.5. The molecule has 0 radical (unpaired) electrons. The summed E-state index contributed by atoms with van der Waals surface area (Å²) < 4.78 is 0. The summed E-state index contributed by atoms with van der Waals surface area (Å²) in [6.07, 6.45) is 0. The Bertz CT molecular complexity index is 735. The van der Waals surface area contributed by atoms with Crippen LogP contribution in [0.2, 0.25) is 10.0 Å². The van der Waals surface area contributed by atoms with Gasteiger partial charge in [-0.05, 0) is 51.1 Å². The van der Waals surface area contributed by atoms with Crippen LogP contribution in [0.4, 0.5) is 0 Å². The minimum absolute atomic E-state index is 0.280. The third-order valence-electron chi connectivity index (χ3n) is 3.23. The fourth-order valence-electron chi connectivity index (χ4n) is 2.08. The van der Waals surface area contributed by atoms with Gasteiger partial charge in [-0.25, -0.2) is 5.01 Å². The highest BCUT2D eigenvalue weighted by molar-refractivity contribution is 6.35. The SMILES string of the molecule is CC(C)(C)N(NC(=O)c1cc(Cl)cc(Cl)c1)C(=O)c1ccccc1. The van der Waals surface area contributed by atoms with Crippen LogP contribution in [0, 0.1) is 0 Å². The molecule has 2 rings (SSSR count). The quantitative estimate of drug-likeness (QED) is 0.792. The molecule has 0 fully saturated rings. The molecule has 0 aliphatic carbocycles. The molecule has 0 aromatic heterocycles. The molecule has 0 aliphatic heterocycles. The second kappa shape index (κ2) is 7.24. The van der Waals surface area contributed by atoms with E-state index in [9.17, 15) is 9.59 Å². The van der Waals surface area contributed by atoms with Crippen LogP contribution in [-0.4, -0.2) is 22.4 Å². The zero-order chi connectivity index (χ0) is 17.9. The topological polar surface area (TPSA) is 49.4 Å². The van der Waals surface area contributed by atoms with Crippen molar-refractivity contribution in [1.29, 1.82) is 0 Å². The number of carbonyl (C=O) groups is 2. The van der Waals surface area contributed by atoms with Gasteiger partial charge in [0.15, 0.2) is 0 Å². The van der Waals surface area contributed by atoms with Crippen molar-refractivity contribution in [2.24, 2.45) is 0 Å². The lowest BCUT2D eigenvalue weighted by Gasteiger charge is -2.35. The third-order valence-corrected chi connectivity index (χ3v) is 3.67. The van der Waals surface area contributed by atoms with Gasteiger partial charge in [0.05, 0.1) is 5.54 Å². The first kappa shape index (κ1) is 18.3. The first-order chi connectivity index (χ1) is 11.2. The van der Waals surface area contributed by atoms with E-state index < -0.39 is 11.4 Å². The predicted molar refractivity (Wildman–Crippen MR) is 96.3 cm³/mol. The van der Waals surface area contributed by atoms with E-state index in [1.54, 1.807) is 24.3 Å². The average Bonchev–Trinajstić information content (AvgIpc) is 2.50. The van der Waals surface area contributed by atoms with Crippen LogP contribution < -0.4 is 5.43 Å². The second-order valence-electron chi connectivity index (χ2n) is 6.28. The van der Waals surface area contributed by atoms with E-state index in [0.717, 1.165) is 0 Å². The van der Waals surface area contributed by atoms with E-state index in [4.69, 9.17) is 23.2 Å². The lowest BCUT2D eigenvalue weighted by molar-refractivity contribution is 0.0358. The maximum atomic E-state index is 12.8. The number of benzene rings is 2. The van der Waals surface area contributed by atoms with Gasteiger partial charge in [-0.15, -0.1) is 0 Å². The Hall–Kier alpha value is -2.04. The first-order valence-corrected chi connectivity index (χ1v) is 8.11. The number of carbonyl (C=O) groups excluding carboxylic acids is 2. The molecular formula is C18H18Cl2N2O2. The normalized spacial score (nSPS) is 11.0. The van der Waals surface area contributed by atoms with Crippen molar-refractivity contribution in [2.75, 3.05) is 0 Å². The molecule has 0 spiro atoms. The molecule has 0 atom stereocenters. The fourth-order valence-corrected chi connectivity index (χ4v) is 2.61. The highest BCUT2D eigenvalue weighted by Gasteiger charge is 2.29. The van der Waals surface area contributed by atoms with Crippen molar-refractivity contribution in [3.05, 3.63) is 69.7 Å². The smallest absolute Gasteiger partial charge is 0.267 e. The van der Waals surface area contributed by atoms with E-state index in [0.29, 0.717) is 15.6 Å². The van der Waals surface area contributed by atoms with Gasteiger partial charge in [0.2, 0.25) is 0 Å². The summed E-state index contributed by atoms with van der Waals surface area (Å²) in [6.45, 7) is 5.50. The van der Waals surface area contributed by atoms with Crippen LogP contribution in [0.3, 0.4) is 0 Å². The zero-order valence-corrected chi connectivity index (χ0v) is 15.2. The van der Waals surface area contributed by atoms with Crippen molar-refractivity contribution in [3.63, 3.8) is 0 Å². The van der Waals surface area contributed by atoms with Gasteiger partial charge >= 0.3 is 0 Å². The van der Waals surface area contributed by atoms with Crippen LogP contribution >= 0.6 is 23.2 Å². The molecule has 126 valence electrons. The van der Waals surface area contributed by atoms with Crippen LogP contribution in [0.25, 0.3) is 0 Å². The number of nitrogens with one attached hydrogen (secondary N) is 1. The van der Waals surface area contributed by atoms with Gasteiger partial charge in [0, 0.05) is 21.2 Å². The lowest BCUT2D eigenvalue weighted by atomic mass is 10.1. The summed E-state index contributed by atoms with van der Waals surface area (Å²) in [5.74, 6) is -0.761. The minimum Gasteiger partial charge on any atom is -0.267 e. The van der Waals surface area contributed by atoms with Crippen molar-refractivity contribution < 1.29 is 9.59 Å². The Morgan fingerprint density at radius 1 is 0.917 bits per heavy atom. The summed E-state index contributed by atoms with van der Waals surface area (Å²) in [5.41, 5.74) is 2.80. The molecule has 2 aromatic rings. The molecular weight excluding hydrogens is 347 g/mol. The molecule has 2 amide bonds. The fraction of sp³-hybridized carbons (Fsp3) is 0.222. The van der Waals surface area contributed by atoms with Crippen LogP contribution in [-0.2, 0) is 0 Å². The minimum atomic E-state index is -0.620. The third kappa shape index (κ3) is 4.49. The zero-order valence-electron chi connectivity index (χ0n) is 13.6. The number of nitrogens with zero attached hydrogens (tertiary/aromatic N) is 1. The number of halogens is 2. The van der Waals surface area contributed by atoms with E-state index in [1.165, 1.54) is 23.2 Å². The molecule has 24 heavy (non-hydrogen) atoms. The van der Waals surface area contributed by atoms with Gasteiger partial charge in [0.25, 0.3) is 11.8 Å². The Morgan fingerprint density at radius 3 is 1.96 bits per heavy atom. The molecule has 6 heteroatoms. The maximum absolute atomic E-state index is 12.8. The predicted octanol–water partition coefficient (Wildman–Crippen LogP) is 4.58. The van der Waals surface area contributed by atoms with Crippen molar-refractivity contribution in [1.82, 2.24) is 10.4 Å². The summed E-state index contributed by atoms with van der Waals surface area (Å²) in [7, 11) is 0. The molecule has 0 saturated carbocycles. The molecule has 1 N–H and O–H groups in total. The van der Waals surface area contributed by atoms with Crippen LogP contribution in [0.15, 0.2) is 48.5 Å². The van der Waals surface area contributed by atoms with Gasteiger partial charge in [-0.3, -0.25) is 15.0 Å². The molecule has 2 aromatic carbocycles. The summed E-state index contributed by atoms with van der Waals surface area (Å²) in [5, 5.41) is 2.01. The number of amides is 2. The van der Waals surface area contributed by atoms with Gasteiger partial charge in [-0.1, -0.05) is 41.4 Å². The number of rotatable bonds is 2. The van der Waals surface area contributed by atoms with Gasteiger partial charge in [-0.2, -0.15) is 0 Å². The second-order valence-corrected chi connectivity index (χ2v) is 7.15. The number of hydrazine groups is 1. The van der Waals surface area contributed by atoms with E-state index in [-0.39, 0.29) is 11.5 Å². The molecule has 0 unspecified atom stereocenters. The van der Waals surface area contributed by atoms with E-state index in [1.807, 2.05) is 26.8 Å². The highest BCUT2D eigenvalue weighted by Crippen LogP contribution is 2.20. The Kier molecular flexibility index (Phi) is 5.52. The monoisotopic (exact) mass is 364 g/mol. The number of hydrogen-bond acceptors (Lipinski definition) is 2. The lowest BCUT2D eigenvalue weighted by Crippen LogP contribution is -2.55. The van der Waals surface area contributed by atoms with Crippen molar-refractivity contribution in [3.8, 4) is 0 Å². The van der Waals surface area contributed by atoms with E-state index in [2.05, 4.69) is 5.43 Å². The molecule has 0 bridgehead atoms. The molecule has 0 heterocycles. The molecule has 0 saturated heterocycles. The Labute approximate surface area is 151 Å². The standard InChI is InChI=1S/C18H18Cl2N2O2/c1-18(2,3)22(17(24)12-7-5-4-6-8-12)21-16(23)13-9-14(19)11-15(20)10-13/h4-11H,1-3H3,(H,21,23). The average molecular weight is 365 g/mol. The maximum Gasteiger partial charge on any atom is 0.272 e. The number of hydrogen-bond donors (Lipinski definition) is 1. The van der Waals surface area contributed by atoms with Gasteiger partial charge in [0.1, 0.15) is 0 Å². The van der Waals surface area contributed by atoms with Crippen LogP contribution in [0.1, 0.15) is 41.5 Å².